The van der Waals surface area contributed by atoms with Crippen LogP contribution in [0.15, 0.2) is 30.6 Å². The molecule has 0 aliphatic heterocycles. The Morgan fingerprint density at radius 3 is 2.76 bits per heavy atom. The summed E-state index contributed by atoms with van der Waals surface area (Å²) in [6.45, 7) is 1.59. The van der Waals surface area contributed by atoms with Crippen LogP contribution in [-0.4, -0.2) is 28.5 Å². The van der Waals surface area contributed by atoms with Gasteiger partial charge in [-0.25, -0.2) is 4.98 Å². The van der Waals surface area contributed by atoms with E-state index in [-0.39, 0.29) is 0 Å². The van der Waals surface area contributed by atoms with Gasteiger partial charge in [-0.1, -0.05) is 12.1 Å². The third-order valence-electron chi connectivity index (χ3n) is 2.37. The fraction of sp³-hybridized carbons (Fsp3) is 0.333. The highest BCUT2D eigenvalue weighted by Gasteiger charge is 2.03. The molecule has 17 heavy (non-hydrogen) atoms. The molecule has 0 saturated carbocycles. The second kappa shape index (κ2) is 6.11. The molecule has 90 valence electrons. The molecule has 1 heterocycles. The molecule has 5 heteroatoms. The molecule has 0 spiro atoms. The summed E-state index contributed by atoms with van der Waals surface area (Å²) in [6, 6.07) is 8.19. The molecule has 1 aromatic heterocycles. The highest BCUT2D eigenvalue weighted by Crippen LogP contribution is 2.15. The maximum Gasteiger partial charge on any atom is 0.181 e. The number of nitrogens with zero attached hydrogens (tertiary/aromatic N) is 3. The molecule has 2 rings (SSSR count). The third kappa shape index (κ3) is 3.50. The topological polar surface area (TPSA) is 39.9 Å². The van der Waals surface area contributed by atoms with Crippen molar-refractivity contribution >= 4 is 22.6 Å². The molecule has 0 aliphatic rings. The van der Waals surface area contributed by atoms with Gasteiger partial charge in [0.25, 0.3) is 0 Å². The van der Waals surface area contributed by atoms with Crippen molar-refractivity contribution in [1.29, 1.82) is 0 Å². The molecule has 0 unspecified atom stereocenters. The summed E-state index contributed by atoms with van der Waals surface area (Å²) < 4.78 is 8.07. The lowest BCUT2D eigenvalue weighted by molar-refractivity contribution is 0.189. The summed E-state index contributed by atoms with van der Waals surface area (Å²) in [5, 5.41) is 4.43. The van der Waals surface area contributed by atoms with E-state index in [1.807, 2.05) is 16.8 Å². The van der Waals surface area contributed by atoms with Crippen molar-refractivity contribution in [3.8, 4) is 11.4 Å². The Kier molecular flexibility index (Phi) is 4.49. The van der Waals surface area contributed by atoms with Crippen LogP contribution in [0, 0.1) is 3.57 Å². The van der Waals surface area contributed by atoms with Crippen LogP contribution in [0.4, 0.5) is 0 Å². The van der Waals surface area contributed by atoms with Gasteiger partial charge in [0, 0.05) is 29.4 Å². The molecule has 0 N–H and O–H groups in total. The van der Waals surface area contributed by atoms with Gasteiger partial charge in [-0.15, -0.1) is 0 Å². The van der Waals surface area contributed by atoms with Crippen molar-refractivity contribution < 1.29 is 4.74 Å². The summed E-state index contributed by atoms with van der Waals surface area (Å²) in [7, 11) is 1.71. The van der Waals surface area contributed by atoms with Crippen LogP contribution >= 0.6 is 22.6 Å². The van der Waals surface area contributed by atoms with Gasteiger partial charge in [-0.05, 0) is 41.1 Å². The Balaban J connectivity index is 2.04. The first-order valence-corrected chi connectivity index (χ1v) is 6.52. The Hall–Kier alpha value is -0.950. The number of hydrogen-bond donors (Lipinski definition) is 0. The summed E-state index contributed by atoms with van der Waals surface area (Å²) in [6.07, 6.45) is 2.72. The predicted molar refractivity (Wildman–Crippen MR) is 74.7 cm³/mol. The molecule has 0 aliphatic carbocycles. The number of aryl methyl sites for hydroxylation is 1. The number of rotatable bonds is 5. The highest BCUT2D eigenvalue weighted by atomic mass is 127. The first kappa shape index (κ1) is 12.5. The minimum Gasteiger partial charge on any atom is -0.385 e. The molecule has 0 fully saturated rings. The normalized spacial score (nSPS) is 10.7. The van der Waals surface area contributed by atoms with Crippen molar-refractivity contribution in [3.05, 3.63) is 34.2 Å². The van der Waals surface area contributed by atoms with Gasteiger partial charge in [-0.3, -0.25) is 4.68 Å². The smallest absolute Gasteiger partial charge is 0.181 e. The summed E-state index contributed by atoms with van der Waals surface area (Å²) >= 11 is 2.28. The maximum absolute atomic E-state index is 5.01. The number of hydrogen-bond acceptors (Lipinski definition) is 3. The van der Waals surface area contributed by atoms with Crippen LogP contribution < -0.4 is 0 Å². The molecule has 1 aromatic carbocycles. The molecule has 4 nitrogen and oxygen atoms in total. The van der Waals surface area contributed by atoms with Crippen LogP contribution in [0.25, 0.3) is 11.4 Å². The van der Waals surface area contributed by atoms with E-state index in [4.69, 9.17) is 4.74 Å². The van der Waals surface area contributed by atoms with E-state index in [0.717, 1.165) is 31.0 Å². The highest BCUT2D eigenvalue weighted by molar-refractivity contribution is 14.1. The SMILES string of the molecule is COCCCn1cnc(-c2ccc(I)cc2)n1. The average Bonchev–Trinajstić information content (AvgIpc) is 2.79. The zero-order valence-corrected chi connectivity index (χ0v) is 11.8. The second-order valence-corrected chi connectivity index (χ2v) is 4.93. The first-order valence-electron chi connectivity index (χ1n) is 5.44. The molecule has 0 radical (unpaired) electrons. The van der Waals surface area contributed by atoms with E-state index in [1.165, 1.54) is 3.57 Å². The Bertz CT molecular complexity index is 467. The summed E-state index contributed by atoms with van der Waals surface area (Å²) in [5.41, 5.74) is 1.05. The van der Waals surface area contributed by atoms with Crippen LogP contribution in [0.5, 0.6) is 0 Å². The zero-order chi connectivity index (χ0) is 12.1. The van der Waals surface area contributed by atoms with Crippen molar-refractivity contribution in [1.82, 2.24) is 14.8 Å². The standard InChI is InChI=1S/C12H14IN3O/c1-17-8-2-7-16-9-14-12(15-16)10-3-5-11(13)6-4-10/h3-6,9H,2,7-8H2,1H3. The van der Waals surface area contributed by atoms with E-state index in [1.54, 1.807) is 13.4 Å². The third-order valence-corrected chi connectivity index (χ3v) is 3.09. The predicted octanol–water partition coefficient (Wildman–Crippen LogP) is 2.59. The Morgan fingerprint density at radius 2 is 2.06 bits per heavy atom. The zero-order valence-electron chi connectivity index (χ0n) is 9.64. The molecule has 0 saturated heterocycles. The molecule has 0 atom stereocenters. The molecular weight excluding hydrogens is 329 g/mol. The van der Waals surface area contributed by atoms with E-state index in [9.17, 15) is 0 Å². The van der Waals surface area contributed by atoms with E-state index < -0.39 is 0 Å². The minimum absolute atomic E-state index is 0.749. The van der Waals surface area contributed by atoms with Crippen molar-refractivity contribution in [3.63, 3.8) is 0 Å². The fourth-order valence-electron chi connectivity index (χ4n) is 1.50. The lowest BCUT2D eigenvalue weighted by atomic mass is 10.2. The van der Waals surface area contributed by atoms with Crippen LogP contribution in [0.3, 0.4) is 0 Å². The number of benzene rings is 1. The lowest BCUT2D eigenvalue weighted by Crippen LogP contribution is -2.01. The molecular formula is C12H14IN3O. The number of ether oxygens (including phenoxy) is 1. The second-order valence-electron chi connectivity index (χ2n) is 3.68. The van der Waals surface area contributed by atoms with Gasteiger partial charge in [-0.2, -0.15) is 5.10 Å². The van der Waals surface area contributed by atoms with Crippen LogP contribution in [0.1, 0.15) is 6.42 Å². The lowest BCUT2D eigenvalue weighted by Gasteiger charge is -1.99. The van der Waals surface area contributed by atoms with E-state index in [2.05, 4.69) is 44.8 Å². The summed E-state index contributed by atoms with van der Waals surface area (Å²) in [5.74, 6) is 0.777. The number of halogens is 1. The van der Waals surface area contributed by atoms with Gasteiger partial charge in [0.05, 0.1) is 0 Å². The maximum atomic E-state index is 5.01. The van der Waals surface area contributed by atoms with Gasteiger partial charge in [0.1, 0.15) is 6.33 Å². The Morgan fingerprint density at radius 1 is 1.29 bits per heavy atom. The van der Waals surface area contributed by atoms with Gasteiger partial charge < -0.3 is 4.74 Å². The molecule has 0 amide bonds. The van der Waals surface area contributed by atoms with E-state index in [0.29, 0.717) is 0 Å². The first-order chi connectivity index (χ1) is 8.29. The Labute approximate surface area is 114 Å². The number of aromatic nitrogens is 3. The summed E-state index contributed by atoms with van der Waals surface area (Å²) in [4.78, 5) is 4.30. The van der Waals surface area contributed by atoms with Crippen molar-refractivity contribution in [2.45, 2.75) is 13.0 Å². The minimum atomic E-state index is 0.749. The van der Waals surface area contributed by atoms with Gasteiger partial charge in [0.15, 0.2) is 5.82 Å². The van der Waals surface area contributed by atoms with Crippen molar-refractivity contribution in [2.75, 3.05) is 13.7 Å². The van der Waals surface area contributed by atoms with Gasteiger partial charge in [0.2, 0.25) is 0 Å². The quantitative estimate of drug-likeness (QED) is 0.619. The molecule has 0 bridgehead atoms. The molecule has 2 aromatic rings. The van der Waals surface area contributed by atoms with Gasteiger partial charge >= 0.3 is 0 Å². The monoisotopic (exact) mass is 343 g/mol. The van der Waals surface area contributed by atoms with Crippen LogP contribution in [-0.2, 0) is 11.3 Å². The van der Waals surface area contributed by atoms with Crippen LogP contribution in [0.2, 0.25) is 0 Å². The fourth-order valence-corrected chi connectivity index (χ4v) is 1.86. The van der Waals surface area contributed by atoms with Crippen molar-refractivity contribution in [2.24, 2.45) is 0 Å². The largest absolute Gasteiger partial charge is 0.385 e. The average molecular weight is 343 g/mol. The van der Waals surface area contributed by atoms with E-state index >= 15 is 0 Å². The number of methoxy groups -OCH3 is 1.